The fraction of sp³-hybridized carbons (Fsp3) is 0.400. The minimum Gasteiger partial charge on any atom is -0.353 e. The van der Waals surface area contributed by atoms with E-state index in [4.69, 9.17) is 0 Å². The molecule has 0 N–H and O–H groups in total. The molecule has 7 heteroatoms. The molecule has 0 bridgehead atoms. The van der Waals surface area contributed by atoms with E-state index in [1.165, 1.54) is 6.07 Å². The van der Waals surface area contributed by atoms with Gasteiger partial charge in [0.25, 0.3) is 5.69 Å². The number of nitro groups is 1. The van der Waals surface area contributed by atoms with Crippen LogP contribution in [0.1, 0.15) is 20.8 Å². The average Bonchev–Trinajstić information content (AvgIpc) is 2.67. The molecule has 2 heterocycles. The summed E-state index contributed by atoms with van der Waals surface area (Å²) in [4.78, 5) is 32.0. The highest BCUT2D eigenvalue weighted by molar-refractivity contribution is 5.81. The molecule has 3 rings (SSSR count). The third-order valence-corrected chi connectivity index (χ3v) is 4.64. The van der Waals surface area contributed by atoms with Gasteiger partial charge in [-0.05, 0) is 6.07 Å². The molecule has 1 amide bonds. The number of carbonyl (C=O) groups excluding carboxylic acids is 1. The molecule has 1 aliphatic heterocycles. The zero-order valence-corrected chi connectivity index (χ0v) is 15.9. The molecule has 0 aliphatic carbocycles. The van der Waals surface area contributed by atoms with Gasteiger partial charge in [-0.2, -0.15) is 0 Å². The van der Waals surface area contributed by atoms with Crippen molar-refractivity contribution >= 4 is 17.4 Å². The Bertz CT molecular complexity index is 838. The maximum atomic E-state index is 12.4. The normalized spacial score (nSPS) is 14.9. The number of rotatable bonds is 3. The van der Waals surface area contributed by atoms with Crippen LogP contribution in [-0.2, 0) is 4.79 Å². The SMILES string of the molecule is CC(C)(C)C(=O)N1CCN(c2ccc([N+](=O)[O-])c(-c3ccccc3)n2)CC1. The smallest absolute Gasteiger partial charge is 0.295 e. The van der Waals surface area contributed by atoms with Crippen molar-refractivity contribution in [3.63, 3.8) is 0 Å². The van der Waals surface area contributed by atoms with Gasteiger partial charge in [-0.15, -0.1) is 0 Å². The first-order valence-electron chi connectivity index (χ1n) is 9.02. The zero-order chi connectivity index (χ0) is 19.6. The van der Waals surface area contributed by atoms with E-state index in [1.807, 2.05) is 56.0 Å². The number of piperazine rings is 1. The second-order valence-electron chi connectivity index (χ2n) is 7.69. The number of hydrogen-bond acceptors (Lipinski definition) is 5. The van der Waals surface area contributed by atoms with E-state index >= 15 is 0 Å². The van der Waals surface area contributed by atoms with Crippen LogP contribution in [0.3, 0.4) is 0 Å². The second kappa shape index (κ2) is 7.34. The van der Waals surface area contributed by atoms with E-state index < -0.39 is 10.3 Å². The summed E-state index contributed by atoms with van der Waals surface area (Å²) in [6.45, 7) is 8.32. The molecular weight excluding hydrogens is 344 g/mol. The zero-order valence-electron chi connectivity index (χ0n) is 15.9. The molecule has 142 valence electrons. The standard InChI is InChI=1S/C20H24N4O3/c1-20(2,3)19(25)23-13-11-22(12-14-23)17-10-9-16(24(26)27)18(21-17)15-7-5-4-6-8-15/h4-10H,11-14H2,1-3H3. The Hall–Kier alpha value is -2.96. The van der Waals surface area contributed by atoms with Gasteiger partial charge in [0, 0.05) is 43.2 Å². The Morgan fingerprint density at radius 2 is 1.67 bits per heavy atom. The quantitative estimate of drug-likeness (QED) is 0.613. The number of carbonyl (C=O) groups is 1. The lowest BCUT2D eigenvalue weighted by molar-refractivity contribution is -0.384. The molecule has 1 saturated heterocycles. The lowest BCUT2D eigenvalue weighted by atomic mass is 9.94. The third-order valence-electron chi connectivity index (χ3n) is 4.64. The Labute approximate surface area is 158 Å². The van der Waals surface area contributed by atoms with E-state index in [0.717, 1.165) is 0 Å². The number of aromatic nitrogens is 1. The van der Waals surface area contributed by atoms with Crippen molar-refractivity contribution in [3.05, 3.63) is 52.6 Å². The maximum absolute atomic E-state index is 12.4. The van der Waals surface area contributed by atoms with Crippen molar-refractivity contribution < 1.29 is 9.72 Å². The van der Waals surface area contributed by atoms with Crippen LogP contribution in [0, 0.1) is 15.5 Å². The van der Waals surface area contributed by atoms with E-state index in [9.17, 15) is 14.9 Å². The van der Waals surface area contributed by atoms with Gasteiger partial charge < -0.3 is 9.80 Å². The maximum Gasteiger partial charge on any atom is 0.295 e. The molecule has 0 spiro atoms. The van der Waals surface area contributed by atoms with Gasteiger partial charge in [-0.25, -0.2) is 4.98 Å². The number of anilines is 1. The fourth-order valence-corrected chi connectivity index (χ4v) is 3.19. The molecule has 1 fully saturated rings. The van der Waals surface area contributed by atoms with Crippen LogP contribution in [0.2, 0.25) is 0 Å². The Kier molecular flexibility index (Phi) is 5.12. The number of pyridine rings is 1. The summed E-state index contributed by atoms with van der Waals surface area (Å²) in [5.74, 6) is 0.839. The topological polar surface area (TPSA) is 79.6 Å². The van der Waals surface area contributed by atoms with Crippen LogP contribution in [-0.4, -0.2) is 46.9 Å². The van der Waals surface area contributed by atoms with Crippen molar-refractivity contribution in [2.75, 3.05) is 31.1 Å². The second-order valence-corrected chi connectivity index (χ2v) is 7.69. The monoisotopic (exact) mass is 368 g/mol. The summed E-state index contributed by atoms with van der Waals surface area (Å²) in [6, 6.07) is 12.4. The lowest BCUT2D eigenvalue weighted by Gasteiger charge is -2.38. The van der Waals surface area contributed by atoms with Gasteiger partial charge in [0.15, 0.2) is 5.69 Å². The largest absolute Gasteiger partial charge is 0.353 e. The van der Waals surface area contributed by atoms with Crippen molar-refractivity contribution in [3.8, 4) is 11.3 Å². The Balaban J connectivity index is 1.83. The predicted molar refractivity (Wildman–Crippen MR) is 105 cm³/mol. The van der Waals surface area contributed by atoms with Crippen LogP contribution >= 0.6 is 0 Å². The summed E-state index contributed by atoms with van der Waals surface area (Å²) in [7, 11) is 0. The molecule has 0 saturated carbocycles. The highest BCUT2D eigenvalue weighted by Crippen LogP contribution is 2.30. The summed E-state index contributed by atoms with van der Waals surface area (Å²) < 4.78 is 0. The van der Waals surface area contributed by atoms with Crippen LogP contribution in [0.4, 0.5) is 11.5 Å². The first-order chi connectivity index (χ1) is 12.8. The van der Waals surface area contributed by atoms with Crippen molar-refractivity contribution in [2.45, 2.75) is 20.8 Å². The number of benzene rings is 1. The third kappa shape index (κ3) is 4.07. The van der Waals surface area contributed by atoms with Gasteiger partial charge in [-0.3, -0.25) is 14.9 Å². The van der Waals surface area contributed by atoms with E-state index in [-0.39, 0.29) is 11.6 Å². The Morgan fingerprint density at radius 1 is 1.04 bits per heavy atom. The lowest BCUT2D eigenvalue weighted by Crippen LogP contribution is -2.51. The van der Waals surface area contributed by atoms with E-state index in [0.29, 0.717) is 43.3 Å². The van der Waals surface area contributed by atoms with Crippen molar-refractivity contribution in [1.82, 2.24) is 9.88 Å². The molecule has 1 aromatic carbocycles. The van der Waals surface area contributed by atoms with Crippen molar-refractivity contribution in [2.24, 2.45) is 5.41 Å². The molecule has 2 aromatic rings. The minimum atomic E-state index is -0.404. The molecular formula is C20H24N4O3. The van der Waals surface area contributed by atoms with E-state index in [1.54, 1.807) is 6.07 Å². The van der Waals surface area contributed by atoms with Gasteiger partial charge >= 0.3 is 0 Å². The van der Waals surface area contributed by atoms with Crippen LogP contribution in [0.5, 0.6) is 0 Å². The van der Waals surface area contributed by atoms with Crippen LogP contribution in [0.15, 0.2) is 42.5 Å². The molecule has 7 nitrogen and oxygen atoms in total. The molecule has 0 radical (unpaired) electrons. The highest BCUT2D eigenvalue weighted by Gasteiger charge is 2.30. The first-order valence-corrected chi connectivity index (χ1v) is 9.02. The van der Waals surface area contributed by atoms with Crippen LogP contribution in [0.25, 0.3) is 11.3 Å². The number of hydrogen-bond donors (Lipinski definition) is 0. The minimum absolute atomic E-state index is 0.00787. The first kappa shape index (κ1) is 18.8. The molecule has 1 aliphatic rings. The van der Waals surface area contributed by atoms with Gasteiger partial charge in [-0.1, -0.05) is 51.1 Å². The summed E-state index contributed by atoms with van der Waals surface area (Å²) in [5.41, 5.74) is 0.680. The highest BCUT2D eigenvalue weighted by atomic mass is 16.6. The summed E-state index contributed by atoms with van der Waals surface area (Å²) in [5, 5.41) is 11.4. The van der Waals surface area contributed by atoms with Gasteiger partial charge in [0.05, 0.1) is 4.92 Å². The number of nitrogens with zero attached hydrogens (tertiary/aromatic N) is 4. The van der Waals surface area contributed by atoms with Gasteiger partial charge in [0.2, 0.25) is 5.91 Å². The fourth-order valence-electron chi connectivity index (χ4n) is 3.19. The summed E-state index contributed by atoms with van der Waals surface area (Å²) >= 11 is 0. The molecule has 0 unspecified atom stereocenters. The van der Waals surface area contributed by atoms with Gasteiger partial charge in [0.1, 0.15) is 5.82 Å². The molecule has 1 aromatic heterocycles. The van der Waals surface area contributed by atoms with Crippen molar-refractivity contribution in [1.29, 1.82) is 0 Å². The molecule has 0 atom stereocenters. The van der Waals surface area contributed by atoms with Crippen LogP contribution < -0.4 is 4.90 Å². The predicted octanol–water partition coefficient (Wildman–Crippen LogP) is 3.35. The van der Waals surface area contributed by atoms with E-state index in [2.05, 4.69) is 9.88 Å². The number of amides is 1. The summed E-state index contributed by atoms with van der Waals surface area (Å²) in [6.07, 6.45) is 0. The Morgan fingerprint density at radius 3 is 2.22 bits per heavy atom. The molecule has 27 heavy (non-hydrogen) atoms. The average molecular weight is 368 g/mol.